The molecule has 0 aromatic heterocycles. The fourth-order valence-electron chi connectivity index (χ4n) is 9.23. The fraction of sp³-hybridized carbons (Fsp3) is 0.630. The van der Waals surface area contributed by atoms with Crippen LogP contribution in [0.25, 0.3) is 0 Å². The molecule has 2 unspecified atom stereocenters. The molecule has 0 radical (unpaired) electrons. The molecular weight excluding hydrogens is 1110 g/mol. The summed E-state index contributed by atoms with van der Waals surface area (Å²) in [6, 6.07) is 8.49. The molecule has 2 aliphatic rings. The first kappa shape index (κ1) is 68.4. The number of benzene rings is 2. The Morgan fingerprint density at radius 2 is 1.09 bits per heavy atom. The quantitative estimate of drug-likeness (QED) is 0.0336. The van der Waals surface area contributed by atoms with Gasteiger partial charge in [-0.25, -0.2) is 8.42 Å². The number of hydrogen-bond acceptors (Lipinski definition) is 19. The van der Waals surface area contributed by atoms with E-state index in [1.54, 1.807) is 38.5 Å². The predicted octanol–water partition coefficient (Wildman–Crippen LogP) is 5.10. The van der Waals surface area contributed by atoms with Crippen molar-refractivity contribution in [2.75, 3.05) is 157 Å². The number of fused-ring (bicyclic) bond motifs is 2. The van der Waals surface area contributed by atoms with Crippen LogP contribution in [0, 0.1) is 0 Å². The molecular formula is C54H82N2O21S3. The molecule has 80 heavy (non-hydrogen) atoms. The molecule has 2 heterocycles. The van der Waals surface area contributed by atoms with Gasteiger partial charge in [0.1, 0.15) is 16.7 Å². The summed E-state index contributed by atoms with van der Waals surface area (Å²) in [5.74, 6) is -1.45. The zero-order chi connectivity index (χ0) is 58.5. The Morgan fingerprint density at radius 3 is 1.57 bits per heavy atom. The number of carboxylic acid groups (broad SMARTS) is 1. The molecule has 452 valence electrons. The molecule has 2 aliphatic heterocycles. The second-order valence-corrected chi connectivity index (χ2v) is 23.5. The van der Waals surface area contributed by atoms with E-state index in [1.165, 1.54) is 30.3 Å². The highest BCUT2D eigenvalue weighted by molar-refractivity contribution is 7.86. The van der Waals surface area contributed by atoms with Crippen molar-refractivity contribution in [1.82, 2.24) is 0 Å². The van der Waals surface area contributed by atoms with Gasteiger partial charge in [0.2, 0.25) is 5.69 Å². The summed E-state index contributed by atoms with van der Waals surface area (Å²) in [4.78, 5) is 12.7. The maximum Gasteiger partial charge on any atom is 0.303 e. The van der Waals surface area contributed by atoms with Gasteiger partial charge in [-0.15, -0.1) is 0 Å². The molecule has 0 aliphatic carbocycles. The molecule has 0 saturated heterocycles. The zero-order valence-corrected chi connectivity index (χ0v) is 48.9. The van der Waals surface area contributed by atoms with Crippen molar-refractivity contribution in [2.45, 2.75) is 79.4 Å². The van der Waals surface area contributed by atoms with E-state index in [4.69, 9.17) is 47.4 Å². The third-order valence-corrected chi connectivity index (χ3v) is 15.9. The molecule has 3 N–H and O–H groups in total. The first-order chi connectivity index (χ1) is 38.2. The highest BCUT2D eigenvalue weighted by atomic mass is 32.2. The van der Waals surface area contributed by atoms with Crippen LogP contribution in [0.3, 0.4) is 0 Å². The van der Waals surface area contributed by atoms with E-state index >= 15 is 0 Å². The normalized spacial score (nSPS) is 18.2. The maximum absolute atomic E-state index is 12.5. The third-order valence-electron chi connectivity index (χ3n) is 13.4. The number of anilines is 1. The lowest BCUT2D eigenvalue weighted by atomic mass is 9.76. The van der Waals surface area contributed by atoms with Crippen molar-refractivity contribution in [1.29, 1.82) is 0 Å². The third kappa shape index (κ3) is 22.9. The molecule has 0 bridgehead atoms. The van der Waals surface area contributed by atoms with Crippen LogP contribution >= 0.6 is 0 Å². The largest absolute Gasteiger partial charge is 0.744 e. The van der Waals surface area contributed by atoms with Gasteiger partial charge in [-0.2, -0.15) is 21.4 Å². The number of allylic oxidation sites excluding steroid dienone is 6. The Labute approximate surface area is 472 Å². The Kier molecular flexibility index (Phi) is 30.1. The highest BCUT2D eigenvalue weighted by Gasteiger charge is 2.48. The number of carbonyl (C=O) groups is 1. The number of hydrogen-bond donors (Lipinski definition) is 3. The van der Waals surface area contributed by atoms with Gasteiger partial charge < -0.3 is 61.9 Å². The summed E-state index contributed by atoms with van der Waals surface area (Å²) >= 11 is 0. The number of aliphatic carboxylic acids is 1. The van der Waals surface area contributed by atoms with Gasteiger partial charge >= 0.3 is 5.97 Å². The molecule has 0 fully saturated rings. The standard InChI is InChI=1S/C54H82N2O21S3/c1-53(19-23-70-29-31-74-37-39-76-35-33-72-27-25-68-3)46-42-44(79(62,63)64)15-17-48(46)55(21-10-6-9-14-52(57)58)50(53)12-7-5-8-13-51-54(2,20-24-71-30-32-75-38-40-77-36-34-73-28-26-69-4)47-43-45(80(65,66)67)16-18-49(47)56(51)22-11-41-78(59,60)61/h5,7-8,12-13,15-18,42-43H,6,9-11,14,19-41H2,1-4H3,(H3-,57,58,59,60,61,62,63,64,65,66,67). The van der Waals surface area contributed by atoms with Crippen LogP contribution in [0.15, 0.2) is 82.3 Å². The van der Waals surface area contributed by atoms with Crippen LogP contribution in [0.5, 0.6) is 0 Å². The Morgan fingerprint density at radius 1 is 0.600 bits per heavy atom. The van der Waals surface area contributed by atoms with E-state index in [9.17, 15) is 48.8 Å². The number of ether oxygens (including phenoxy) is 10. The molecule has 0 spiro atoms. The van der Waals surface area contributed by atoms with E-state index in [0.29, 0.717) is 146 Å². The average Bonchev–Trinajstić information content (AvgIpc) is 3.77. The van der Waals surface area contributed by atoms with E-state index in [0.717, 1.165) is 5.70 Å². The molecule has 0 saturated carbocycles. The number of methoxy groups -OCH3 is 2. The van der Waals surface area contributed by atoms with E-state index < -0.39 is 57.8 Å². The average molecular weight is 1190 g/mol. The van der Waals surface area contributed by atoms with Gasteiger partial charge in [-0.05, 0) is 81.5 Å². The second kappa shape index (κ2) is 35.2. The summed E-state index contributed by atoms with van der Waals surface area (Å²) < 4.78 is 163. The minimum Gasteiger partial charge on any atom is -0.744 e. The van der Waals surface area contributed by atoms with Crippen molar-refractivity contribution in [2.24, 2.45) is 0 Å². The number of nitrogens with zero attached hydrogens (tertiary/aromatic N) is 2. The summed E-state index contributed by atoms with van der Waals surface area (Å²) in [5, 5.41) is 9.29. The van der Waals surface area contributed by atoms with Crippen LogP contribution in [-0.4, -0.2) is 212 Å². The lowest BCUT2D eigenvalue weighted by Gasteiger charge is -2.30. The van der Waals surface area contributed by atoms with Crippen molar-refractivity contribution in [3.63, 3.8) is 0 Å². The highest BCUT2D eigenvalue weighted by Crippen LogP contribution is 2.51. The van der Waals surface area contributed by atoms with Crippen LogP contribution in [0.2, 0.25) is 0 Å². The van der Waals surface area contributed by atoms with Crippen LogP contribution in [0.1, 0.15) is 69.9 Å². The smallest absolute Gasteiger partial charge is 0.303 e. The second-order valence-electron chi connectivity index (χ2n) is 19.2. The maximum atomic E-state index is 12.5. The van der Waals surface area contributed by atoms with E-state index in [-0.39, 0.29) is 63.7 Å². The lowest BCUT2D eigenvalue weighted by Crippen LogP contribution is -2.33. The first-order valence-electron chi connectivity index (χ1n) is 26.6. The van der Waals surface area contributed by atoms with Crippen LogP contribution < -0.4 is 4.90 Å². The lowest BCUT2D eigenvalue weighted by molar-refractivity contribution is -0.437. The number of unbranched alkanes of at least 4 members (excludes halogenated alkanes) is 2. The number of carboxylic acids is 1. The van der Waals surface area contributed by atoms with Crippen molar-refractivity contribution in [3.8, 4) is 0 Å². The Bertz CT molecular complexity index is 2700. The SMILES string of the molecule is COCCOCCOCCOCCOCCC1(C)C(=CC=CC=CC2=[N+](CCCS(=O)(=O)O)c3ccc(S(=O)(=O)[O-])cc3C2(C)CCOCCOCCOCCOCCOC)N(CCCCCC(=O)O)c2ccc(S(=O)(=O)O)cc21. The molecule has 0 amide bonds. The van der Waals surface area contributed by atoms with Gasteiger partial charge in [0, 0.05) is 81.3 Å². The summed E-state index contributed by atoms with van der Waals surface area (Å²) in [6.07, 6.45) is 11.3. The Balaban J connectivity index is 1.62. The van der Waals surface area contributed by atoms with Gasteiger partial charge in [0.05, 0.1) is 127 Å². The molecule has 2 aromatic rings. The van der Waals surface area contributed by atoms with Gasteiger partial charge in [-0.3, -0.25) is 13.9 Å². The molecule has 4 rings (SSSR count). The zero-order valence-electron chi connectivity index (χ0n) is 46.5. The van der Waals surface area contributed by atoms with Crippen LogP contribution in [0.4, 0.5) is 11.4 Å². The van der Waals surface area contributed by atoms with E-state index in [1.807, 2.05) is 30.6 Å². The summed E-state index contributed by atoms with van der Waals surface area (Å²) in [5.41, 5.74) is 1.88. The number of rotatable bonds is 45. The minimum absolute atomic E-state index is 0.00355. The summed E-state index contributed by atoms with van der Waals surface area (Å²) in [6.45, 7) is 10.8. The Hall–Kier alpha value is -4.07. The fourth-order valence-corrected chi connectivity index (χ4v) is 10.7. The van der Waals surface area contributed by atoms with Gasteiger partial charge in [0.15, 0.2) is 5.71 Å². The van der Waals surface area contributed by atoms with Gasteiger partial charge in [-0.1, -0.05) is 24.6 Å². The van der Waals surface area contributed by atoms with E-state index in [2.05, 4.69) is 4.90 Å². The van der Waals surface area contributed by atoms with Gasteiger partial charge in [0.25, 0.3) is 20.2 Å². The molecule has 2 atom stereocenters. The monoisotopic (exact) mass is 1190 g/mol. The van der Waals surface area contributed by atoms with Crippen molar-refractivity contribution in [3.05, 3.63) is 83.6 Å². The predicted molar refractivity (Wildman–Crippen MR) is 296 cm³/mol. The molecule has 2 aromatic carbocycles. The van der Waals surface area contributed by atoms with Crippen molar-refractivity contribution >= 4 is 53.4 Å². The van der Waals surface area contributed by atoms with Crippen LogP contribution in [-0.2, 0) is 93.3 Å². The topological polar surface area (TPSA) is 302 Å². The summed E-state index contributed by atoms with van der Waals surface area (Å²) in [7, 11) is -10.6. The van der Waals surface area contributed by atoms with Crippen molar-refractivity contribution < 1.29 is 101 Å². The molecule has 23 nitrogen and oxygen atoms in total. The minimum atomic E-state index is -4.89. The molecule has 26 heteroatoms. The first-order valence-corrected chi connectivity index (χ1v) is 31.1.